The molecular formula is C14H25N5S. The molecule has 0 radical (unpaired) electrons. The highest BCUT2D eigenvalue weighted by Gasteiger charge is 2.23. The summed E-state index contributed by atoms with van der Waals surface area (Å²) in [5.41, 5.74) is 0. The standard InChI is InChI=1S/C14H25N5S/c1-10(2)19-6-5-11(9-19)8-16-13-7-12(15-3)17-14(18-13)20-4/h7,10-11H,5-6,8-9H2,1-4H3,(H2,15,16,17,18). The molecule has 1 aromatic heterocycles. The van der Waals surface area contributed by atoms with Gasteiger partial charge in [-0.25, -0.2) is 9.97 Å². The Bertz CT molecular complexity index is 415. The van der Waals surface area contributed by atoms with Gasteiger partial charge in [-0.3, -0.25) is 0 Å². The third-order valence-corrected chi connectivity index (χ3v) is 4.31. The largest absolute Gasteiger partial charge is 0.373 e. The van der Waals surface area contributed by atoms with Gasteiger partial charge in [0.2, 0.25) is 0 Å². The third kappa shape index (κ3) is 3.99. The lowest BCUT2D eigenvalue weighted by molar-refractivity contribution is 0.266. The first-order valence-corrected chi connectivity index (χ1v) is 8.43. The van der Waals surface area contributed by atoms with E-state index in [1.54, 1.807) is 11.8 Å². The van der Waals surface area contributed by atoms with E-state index < -0.39 is 0 Å². The maximum atomic E-state index is 4.50. The van der Waals surface area contributed by atoms with Crippen LogP contribution in [0.15, 0.2) is 11.2 Å². The molecule has 1 aromatic rings. The van der Waals surface area contributed by atoms with E-state index in [4.69, 9.17) is 0 Å². The van der Waals surface area contributed by atoms with Crippen molar-refractivity contribution in [2.75, 3.05) is 43.6 Å². The second kappa shape index (κ2) is 7.13. The Morgan fingerprint density at radius 1 is 1.40 bits per heavy atom. The summed E-state index contributed by atoms with van der Waals surface area (Å²) in [4.78, 5) is 11.4. The zero-order valence-corrected chi connectivity index (χ0v) is 13.6. The minimum Gasteiger partial charge on any atom is -0.373 e. The van der Waals surface area contributed by atoms with Crippen LogP contribution in [0.5, 0.6) is 0 Å². The maximum Gasteiger partial charge on any atom is 0.191 e. The quantitative estimate of drug-likeness (QED) is 0.621. The lowest BCUT2D eigenvalue weighted by atomic mass is 10.1. The molecule has 2 rings (SSSR count). The maximum absolute atomic E-state index is 4.50. The molecule has 1 atom stereocenters. The average Bonchev–Trinajstić information content (AvgIpc) is 2.93. The van der Waals surface area contributed by atoms with Gasteiger partial charge in [0, 0.05) is 32.2 Å². The van der Waals surface area contributed by atoms with Crippen LogP contribution in [-0.2, 0) is 0 Å². The smallest absolute Gasteiger partial charge is 0.191 e. The van der Waals surface area contributed by atoms with Crippen LogP contribution in [0.4, 0.5) is 11.6 Å². The van der Waals surface area contributed by atoms with E-state index in [9.17, 15) is 0 Å². The Balaban J connectivity index is 1.91. The number of likely N-dealkylation sites (tertiary alicyclic amines) is 1. The van der Waals surface area contributed by atoms with Crippen LogP contribution in [-0.4, -0.2) is 53.8 Å². The van der Waals surface area contributed by atoms with Crippen molar-refractivity contribution in [3.8, 4) is 0 Å². The Morgan fingerprint density at radius 3 is 2.75 bits per heavy atom. The summed E-state index contributed by atoms with van der Waals surface area (Å²) in [5.74, 6) is 2.49. The van der Waals surface area contributed by atoms with Crippen LogP contribution in [0.25, 0.3) is 0 Å². The first-order chi connectivity index (χ1) is 9.62. The van der Waals surface area contributed by atoms with Gasteiger partial charge < -0.3 is 15.5 Å². The van der Waals surface area contributed by atoms with Crippen LogP contribution >= 0.6 is 11.8 Å². The van der Waals surface area contributed by atoms with Crippen molar-refractivity contribution in [3.05, 3.63) is 6.07 Å². The minimum atomic E-state index is 0.651. The number of aromatic nitrogens is 2. The first-order valence-electron chi connectivity index (χ1n) is 7.21. The van der Waals surface area contributed by atoms with Crippen LogP contribution < -0.4 is 10.6 Å². The fourth-order valence-electron chi connectivity index (χ4n) is 2.48. The number of rotatable bonds is 6. The lowest BCUT2D eigenvalue weighted by Gasteiger charge is -2.20. The molecule has 0 aliphatic carbocycles. The number of hydrogen-bond acceptors (Lipinski definition) is 6. The summed E-state index contributed by atoms with van der Waals surface area (Å²) < 4.78 is 0. The molecule has 0 saturated carbocycles. The van der Waals surface area contributed by atoms with Crippen molar-refractivity contribution < 1.29 is 0 Å². The molecule has 2 heterocycles. The topological polar surface area (TPSA) is 53.1 Å². The molecule has 6 heteroatoms. The predicted molar refractivity (Wildman–Crippen MR) is 86.7 cm³/mol. The fraction of sp³-hybridized carbons (Fsp3) is 0.714. The molecule has 5 nitrogen and oxygen atoms in total. The van der Waals surface area contributed by atoms with Gasteiger partial charge in [-0.2, -0.15) is 0 Å². The average molecular weight is 295 g/mol. The highest BCUT2D eigenvalue weighted by atomic mass is 32.2. The zero-order valence-electron chi connectivity index (χ0n) is 12.8. The van der Waals surface area contributed by atoms with Gasteiger partial charge in [0.25, 0.3) is 0 Å². The molecule has 0 spiro atoms. The van der Waals surface area contributed by atoms with Crippen molar-refractivity contribution in [3.63, 3.8) is 0 Å². The second-order valence-electron chi connectivity index (χ2n) is 5.50. The normalized spacial score (nSPS) is 19.6. The van der Waals surface area contributed by atoms with E-state index in [0.29, 0.717) is 12.0 Å². The highest BCUT2D eigenvalue weighted by molar-refractivity contribution is 7.98. The molecule has 0 bridgehead atoms. The van der Waals surface area contributed by atoms with Crippen LogP contribution in [0, 0.1) is 5.92 Å². The van der Waals surface area contributed by atoms with Gasteiger partial charge in [0.15, 0.2) is 5.16 Å². The molecule has 1 saturated heterocycles. The van der Waals surface area contributed by atoms with E-state index in [2.05, 4.69) is 39.3 Å². The van der Waals surface area contributed by atoms with Gasteiger partial charge in [-0.05, 0) is 39.0 Å². The molecule has 2 N–H and O–H groups in total. The molecule has 1 aliphatic heterocycles. The second-order valence-corrected chi connectivity index (χ2v) is 6.27. The van der Waals surface area contributed by atoms with Crippen molar-refractivity contribution in [2.24, 2.45) is 5.92 Å². The summed E-state index contributed by atoms with van der Waals surface area (Å²) in [7, 11) is 1.88. The number of thioether (sulfide) groups is 1. The number of anilines is 2. The van der Waals surface area contributed by atoms with E-state index in [0.717, 1.165) is 23.3 Å². The number of hydrogen-bond donors (Lipinski definition) is 2. The molecule has 1 aliphatic rings. The van der Waals surface area contributed by atoms with Gasteiger partial charge in [0.1, 0.15) is 11.6 Å². The van der Waals surface area contributed by atoms with E-state index >= 15 is 0 Å². The summed E-state index contributed by atoms with van der Waals surface area (Å²) in [6.45, 7) is 7.92. The molecular weight excluding hydrogens is 270 g/mol. The summed E-state index contributed by atoms with van der Waals surface area (Å²) in [5, 5.41) is 7.34. The molecule has 0 amide bonds. The molecule has 112 valence electrons. The summed E-state index contributed by atoms with van der Waals surface area (Å²) >= 11 is 1.56. The van der Waals surface area contributed by atoms with Crippen LogP contribution in [0.1, 0.15) is 20.3 Å². The van der Waals surface area contributed by atoms with Gasteiger partial charge in [0.05, 0.1) is 0 Å². The Hall–Kier alpha value is -1.01. The van der Waals surface area contributed by atoms with Crippen molar-refractivity contribution >= 4 is 23.4 Å². The molecule has 0 aromatic carbocycles. The van der Waals surface area contributed by atoms with Crippen LogP contribution in [0.2, 0.25) is 0 Å². The zero-order chi connectivity index (χ0) is 14.5. The van der Waals surface area contributed by atoms with E-state index in [1.165, 1.54) is 19.5 Å². The number of nitrogens with one attached hydrogen (secondary N) is 2. The Morgan fingerprint density at radius 2 is 2.15 bits per heavy atom. The predicted octanol–water partition coefficient (Wildman–Crippen LogP) is 2.38. The van der Waals surface area contributed by atoms with Gasteiger partial charge in [-0.1, -0.05) is 11.8 Å². The molecule has 1 fully saturated rings. The molecule has 20 heavy (non-hydrogen) atoms. The summed E-state index contributed by atoms with van der Waals surface area (Å²) in [6, 6.07) is 2.62. The van der Waals surface area contributed by atoms with Crippen LogP contribution in [0.3, 0.4) is 0 Å². The molecule has 1 unspecified atom stereocenters. The van der Waals surface area contributed by atoms with Gasteiger partial charge >= 0.3 is 0 Å². The Kier molecular flexibility index (Phi) is 5.48. The SMILES string of the molecule is CNc1cc(NCC2CCN(C(C)C)C2)nc(SC)n1. The van der Waals surface area contributed by atoms with Gasteiger partial charge in [-0.15, -0.1) is 0 Å². The lowest BCUT2D eigenvalue weighted by Crippen LogP contribution is -2.29. The Labute approximate surface area is 125 Å². The number of nitrogens with zero attached hydrogens (tertiary/aromatic N) is 3. The first kappa shape index (κ1) is 15.4. The van der Waals surface area contributed by atoms with Crippen molar-refractivity contribution in [2.45, 2.75) is 31.5 Å². The van der Waals surface area contributed by atoms with E-state index in [-0.39, 0.29) is 0 Å². The van der Waals surface area contributed by atoms with E-state index in [1.807, 2.05) is 19.4 Å². The summed E-state index contributed by atoms with van der Waals surface area (Å²) in [6.07, 6.45) is 3.26. The van der Waals surface area contributed by atoms with Crippen molar-refractivity contribution in [1.29, 1.82) is 0 Å². The minimum absolute atomic E-state index is 0.651. The highest BCUT2D eigenvalue weighted by Crippen LogP contribution is 2.21. The monoisotopic (exact) mass is 295 g/mol. The van der Waals surface area contributed by atoms with Crippen molar-refractivity contribution in [1.82, 2.24) is 14.9 Å². The fourth-order valence-corrected chi connectivity index (χ4v) is 2.86. The third-order valence-electron chi connectivity index (χ3n) is 3.76.